The van der Waals surface area contributed by atoms with E-state index in [1.807, 2.05) is 36.4 Å². The molecule has 0 amide bonds. The summed E-state index contributed by atoms with van der Waals surface area (Å²) < 4.78 is 51.2. The Hall–Kier alpha value is -4.78. The topological polar surface area (TPSA) is 99.0 Å². The fourth-order valence-electron chi connectivity index (χ4n) is 3.97. The Balaban J connectivity index is 1.33. The molecule has 7 nitrogen and oxygen atoms in total. The molecular weight excluding hydrogens is 471 g/mol. The van der Waals surface area contributed by atoms with E-state index in [1.165, 1.54) is 16.8 Å². The molecule has 5 rings (SSSR count). The number of nitriles is 1. The molecule has 1 atom stereocenters. The number of hydrogen-bond donors (Lipinski definition) is 1. The maximum Gasteiger partial charge on any atom is 0.416 e. The summed E-state index contributed by atoms with van der Waals surface area (Å²) in [6.45, 7) is 0.0658. The predicted molar refractivity (Wildman–Crippen MR) is 123 cm³/mol. The van der Waals surface area contributed by atoms with Crippen LogP contribution in [0.25, 0.3) is 5.69 Å². The second-order valence-electron chi connectivity index (χ2n) is 8.02. The number of allylic oxidation sites excluding steroid dienone is 1. The maximum absolute atomic E-state index is 12.8. The largest absolute Gasteiger partial charge is 0.487 e. The third-order valence-electron chi connectivity index (χ3n) is 5.71. The van der Waals surface area contributed by atoms with Crippen molar-refractivity contribution in [2.45, 2.75) is 18.7 Å². The molecule has 4 aromatic rings. The van der Waals surface area contributed by atoms with Crippen LogP contribution < -0.4 is 15.2 Å². The van der Waals surface area contributed by atoms with Crippen molar-refractivity contribution in [2.24, 2.45) is 5.73 Å². The highest BCUT2D eigenvalue weighted by Crippen LogP contribution is 2.43. The van der Waals surface area contributed by atoms with Crippen LogP contribution in [0.2, 0.25) is 0 Å². The van der Waals surface area contributed by atoms with E-state index in [0.29, 0.717) is 28.5 Å². The molecule has 1 aliphatic heterocycles. The van der Waals surface area contributed by atoms with Crippen LogP contribution in [-0.2, 0) is 12.8 Å². The SMILES string of the molecule is N#CC1=C(N)Oc2cc(OCc3cn(-c4ccc(C(F)(F)F)cc4)nn3)ccc2C1c1ccccc1. The van der Waals surface area contributed by atoms with Gasteiger partial charge in [0, 0.05) is 11.6 Å². The highest BCUT2D eigenvalue weighted by molar-refractivity contribution is 5.57. The summed E-state index contributed by atoms with van der Waals surface area (Å²) in [5.41, 5.74) is 8.25. The van der Waals surface area contributed by atoms with E-state index in [9.17, 15) is 18.4 Å². The Morgan fingerprint density at radius 1 is 1.06 bits per heavy atom. The van der Waals surface area contributed by atoms with Gasteiger partial charge in [0.15, 0.2) is 0 Å². The third kappa shape index (κ3) is 4.46. The standard InChI is InChI=1S/C26H18F3N5O2/c27-26(28,29)17-6-8-19(9-7-17)34-14-18(32-33-34)15-35-20-10-11-21-23(12-20)36-25(31)22(13-30)24(21)16-4-2-1-3-5-16/h1-12,14,24H,15,31H2. The molecule has 1 unspecified atom stereocenters. The molecule has 0 saturated heterocycles. The van der Waals surface area contributed by atoms with Crippen molar-refractivity contribution in [3.05, 3.63) is 113 Å². The number of alkyl halides is 3. The minimum absolute atomic E-state index is 0.0375. The van der Waals surface area contributed by atoms with Gasteiger partial charge in [0.2, 0.25) is 5.88 Å². The number of nitrogens with two attached hydrogens (primary N) is 1. The van der Waals surface area contributed by atoms with Crippen molar-refractivity contribution in [1.82, 2.24) is 15.0 Å². The van der Waals surface area contributed by atoms with Crippen LogP contribution in [0.3, 0.4) is 0 Å². The Morgan fingerprint density at radius 3 is 2.50 bits per heavy atom. The Bertz CT molecular complexity index is 1470. The van der Waals surface area contributed by atoms with Gasteiger partial charge in [-0.15, -0.1) is 5.10 Å². The lowest BCUT2D eigenvalue weighted by Gasteiger charge is -2.26. The number of nitrogens with zero attached hydrogens (tertiary/aromatic N) is 4. The number of hydrogen-bond acceptors (Lipinski definition) is 6. The van der Waals surface area contributed by atoms with E-state index in [-0.39, 0.29) is 18.4 Å². The number of rotatable bonds is 5. The van der Waals surface area contributed by atoms with E-state index in [1.54, 1.807) is 18.3 Å². The van der Waals surface area contributed by atoms with Crippen molar-refractivity contribution in [2.75, 3.05) is 0 Å². The van der Waals surface area contributed by atoms with Gasteiger partial charge in [-0.25, -0.2) is 4.68 Å². The van der Waals surface area contributed by atoms with Crippen LogP contribution >= 0.6 is 0 Å². The Morgan fingerprint density at radius 2 is 1.81 bits per heavy atom. The lowest BCUT2D eigenvalue weighted by atomic mass is 9.83. The van der Waals surface area contributed by atoms with E-state index >= 15 is 0 Å². The van der Waals surface area contributed by atoms with Crippen molar-refractivity contribution >= 4 is 0 Å². The normalized spacial score (nSPS) is 15.1. The second kappa shape index (κ2) is 9.11. The molecular formula is C26H18F3N5O2. The first-order valence-corrected chi connectivity index (χ1v) is 10.8. The van der Waals surface area contributed by atoms with Crippen LogP contribution in [0.15, 0.2) is 90.4 Å². The summed E-state index contributed by atoms with van der Waals surface area (Å²) in [6, 6.07) is 21.6. The van der Waals surface area contributed by atoms with Gasteiger partial charge in [-0.2, -0.15) is 18.4 Å². The summed E-state index contributed by atoms with van der Waals surface area (Å²) in [5.74, 6) is 0.636. The first kappa shape index (κ1) is 23.0. The zero-order valence-electron chi connectivity index (χ0n) is 18.6. The molecule has 1 aromatic heterocycles. The number of aromatic nitrogens is 3. The van der Waals surface area contributed by atoms with Crippen LogP contribution in [0.1, 0.15) is 28.3 Å². The molecule has 2 heterocycles. The Labute approximate surface area is 203 Å². The average molecular weight is 489 g/mol. The van der Waals surface area contributed by atoms with Crippen LogP contribution in [-0.4, -0.2) is 15.0 Å². The van der Waals surface area contributed by atoms with Gasteiger partial charge < -0.3 is 15.2 Å². The summed E-state index contributed by atoms with van der Waals surface area (Å²) in [5, 5.41) is 17.6. The molecule has 0 fully saturated rings. The van der Waals surface area contributed by atoms with Gasteiger partial charge >= 0.3 is 6.18 Å². The predicted octanol–water partition coefficient (Wildman–Crippen LogP) is 5.08. The summed E-state index contributed by atoms with van der Waals surface area (Å²) in [7, 11) is 0. The van der Waals surface area contributed by atoms with Gasteiger partial charge in [0.05, 0.1) is 23.4 Å². The first-order valence-electron chi connectivity index (χ1n) is 10.8. The van der Waals surface area contributed by atoms with E-state index in [2.05, 4.69) is 16.4 Å². The monoisotopic (exact) mass is 489 g/mol. The quantitative estimate of drug-likeness (QED) is 0.420. The summed E-state index contributed by atoms with van der Waals surface area (Å²) in [6.07, 6.45) is -2.83. The number of benzene rings is 3. The minimum Gasteiger partial charge on any atom is -0.487 e. The van der Waals surface area contributed by atoms with Crippen LogP contribution in [0, 0.1) is 11.3 Å². The van der Waals surface area contributed by atoms with E-state index in [0.717, 1.165) is 23.3 Å². The summed E-state index contributed by atoms with van der Waals surface area (Å²) in [4.78, 5) is 0. The van der Waals surface area contributed by atoms with Gasteiger partial charge in [0.25, 0.3) is 0 Å². The highest BCUT2D eigenvalue weighted by Gasteiger charge is 2.31. The molecule has 0 radical (unpaired) electrons. The Kier molecular flexibility index (Phi) is 5.82. The van der Waals surface area contributed by atoms with Crippen molar-refractivity contribution in [3.8, 4) is 23.3 Å². The highest BCUT2D eigenvalue weighted by atomic mass is 19.4. The smallest absolute Gasteiger partial charge is 0.416 e. The molecule has 0 bridgehead atoms. The minimum atomic E-state index is -4.41. The van der Waals surface area contributed by atoms with E-state index < -0.39 is 11.7 Å². The average Bonchev–Trinajstić information content (AvgIpc) is 3.36. The fraction of sp³-hybridized carbons (Fsp3) is 0.115. The number of fused-ring (bicyclic) bond motifs is 1. The molecule has 0 aliphatic carbocycles. The van der Waals surface area contributed by atoms with Crippen LogP contribution in [0.4, 0.5) is 13.2 Å². The van der Waals surface area contributed by atoms with Gasteiger partial charge in [-0.3, -0.25) is 0 Å². The third-order valence-corrected chi connectivity index (χ3v) is 5.71. The van der Waals surface area contributed by atoms with Gasteiger partial charge in [-0.05, 0) is 35.9 Å². The van der Waals surface area contributed by atoms with Gasteiger partial charge in [0.1, 0.15) is 35.4 Å². The van der Waals surface area contributed by atoms with Crippen LogP contribution in [0.5, 0.6) is 11.5 Å². The molecule has 180 valence electrons. The number of ether oxygens (including phenoxy) is 2. The molecule has 0 saturated carbocycles. The van der Waals surface area contributed by atoms with Crippen molar-refractivity contribution < 1.29 is 22.6 Å². The van der Waals surface area contributed by atoms with Crippen molar-refractivity contribution in [3.63, 3.8) is 0 Å². The molecule has 3 aromatic carbocycles. The molecule has 0 spiro atoms. The zero-order chi connectivity index (χ0) is 25.3. The molecule has 36 heavy (non-hydrogen) atoms. The van der Waals surface area contributed by atoms with E-state index in [4.69, 9.17) is 15.2 Å². The zero-order valence-corrected chi connectivity index (χ0v) is 18.6. The maximum atomic E-state index is 12.8. The lowest BCUT2D eigenvalue weighted by molar-refractivity contribution is -0.137. The van der Waals surface area contributed by atoms with Gasteiger partial charge in [-0.1, -0.05) is 41.6 Å². The van der Waals surface area contributed by atoms with Crippen molar-refractivity contribution in [1.29, 1.82) is 5.26 Å². The second-order valence-corrected chi connectivity index (χ2v) is 8.02. The lowest BCUT2D eigenvalue weighted by Crippen LogP contribution is -2.21. The number of halogens is 3. The summed E-state index contributed by atoms with van der Waals surface area (Å²) >= 11 is 0. The molecule has 2 N–H and O–H groups in total. The first-order chi connectivity index (χ1) is 17.3. The molecule has 10 heteroatoms. The fourth-order valence-corrected chi connectivity index (χ4v) is 3.97. The molecule has 1 aliphatic rings.